The van der Waals surface area contributed by atoms with Crippen LogP contribution >= 0.6 is 0 Å². The van der Waals surface area contributed by atoms with E-state index >= 15 is 0 Å². The largest absolute Gasteiger partial charge is 0.300 e. The van der Waals surface area contributed by atoms with Crippen LogP contribution in [-0.4, -0.2) is 26.2 Å². The fourth-order valence-corrected chi connectivity index (χ4v) is 2.81. The average Bonchev–Trinajstić information content (AvgIpc) is 2.53. The van der Waals surface area contributed by atoms with Crippen molar-refractivity contribution in [3.63, 3.8) is 0 Å². The van der Waals surface area contributed by atoms with E-state index in [0.717, 1.165) is 12.0 Å². The van der Waals surface area contributed by atoms with Gasteiger partial charge in [-0.05, 0) is 48.9 Å². The van der Waals surface area contributed by atoms with E-state index in [-0.39, 0.29) is 10.9 Å². The van der Waals surface area contributed by atoms with Gasteiger partial charge in [0.2, 0.25) is 5.16 Å². The summed E-state index contributed by atoms with van der Waals surface area (Å²) < 4.78 is 11.4. The number of hydrogen-bond acceptors (Lipinski definition) is 4. The highest BCUT2D eigenvalue weighted by atomic mass is 32.2. The van der Waals surface area contributed by atoms with Crippen LogP contribution in [0.3, 0.4) is 0 Å². The van der Waals surface area contributed by atoms with E-state index < -0.39 is 10.8 Å². The molecule has 2 rings (SSSR count). The van der Waals surface area contributed by atoms with Gasteiger partial charge in [0.1, 0.15) is 11.5 Å². The Labute approximate surface area is 145 Å². The maximum Gasteiger partial charge on any atom is 0.219 e. The summed E-state index contributed by atoms with van der Waals surface area (Å²) >= 11 is 0. The standard InChI is InChI=1S/C19H20N2O2S/c1-14(12-15(2)22)13-17-6-4-16(5-7-17)8-9-18-10-11-20-19(21-18)24(3)23/h4-7,10-11,14H,12-13H2,1-3H3. The number of hydrogen-bond donors (Lipinski definition) is 0. The zero-order valence-corrected chi connectivity index (χ0v) is 14.9. The molecular weight excluding hydrogens is 320 g/mol. The van der Waals surface area contributed by atoms with Crippen LogP contribution in [-0.2, 0) is 22.0 Å². The summed E-state index contributed by atoms with van der Waals surface area (Å²) in [6.07, 6.45) is 4.59. The van der Waals surface area contributed by atoms with Gasteiger partial charge in [-0.25, -0.2) is 9.97 Å². The average molecular weight is 340 g/mol. The Morgan fingerprint density at radius 1 is 1.21 bits per heavy atom. The van der Waals surface area contributed by atoms with E-state index in [1.807, 2.05) is 24.3 Å². The third-order valence-electron chi connectivity index (χ3n) is 3.40. The van der Waals surface area contributed by atoms with E-state index in [2.05, 4.69) is 28.7 Å². The molecule has 2 aromatic rings. The summed E-state index contributed by atoms with van der Waals surface area (Å²) in [4.78, 5) is 19.2. The first-order valence-corrected chi connectivity index (χ1v) is 9.26. The Morgan fingerprint density at radius 2 is 1.92 bits per heavy atom. The summed E-state index contributed by atoms with van der Waals surface area (Å²) in [5, 5.41) is 0.289. The van der Waals surface area contributed by atoms with Gasteiger partial charge in [-0.1, -0.05) is 25.0 Å². The molecule has 0 aliphatic heterocycles. The van der Waals surface area contributed by atoms with Gasteiger partial charge in [-0.3, -0.25) is 4.21 Å². The van der Waals surface area contributed by atoms with Gasteiger partial charge in [0.15, 0.2) is 0 Å². The van der Waals surface area contributed by atoms with Crippen LogP contribution in [0.4, 0.5) is 0 Å². The van der Waals surface area contributed by atoms with Crippen LogP contribution < -0.4 is 0 Å². The molecule has 0 aliphatic carbocycles. The lowest BCUT2D eigenvalue weighted by atomic mass is 9.96. The van der Waals surface area contributed by atoms with Crippen LogP contribution in [0.5, 0.6) is 0 Å². The van der Waals surface area contributed by atoms with Gasteiger partial charge in [0.05, 0.1) is 10.8 Å². The first kappa shape index (κ1) is 18.0. The molecule has 1 heterocycles. The molecule has 1 aromatic carbocycles. The van der Waals surface area contributed by atoms with Gasteiger partial charge in [-0.15, -0.1) is 0 Å². The van der Waals surface area contributed by atoms with Crippen LogP contribution in [0.25, 0.3) is 0 Å². The summed E-state index contributed by atoms with van der Waals surface area (Å²) in [6, 6.07) is 9.69. The van der Waals surface area contributed by atoms with Crippen molar-refractivity contribution in [2.75, 3.05) is 6.26 Å². The zero-order valence-electron chi connectivity index (χ0n) is 14.1. The highest BCUT2D eigenvalue weighted by Gasteiger charge is 2.06. The Balaban J connectivity index is 2.06. The molecule has 4 nitrogen and oxygen atoms in total. The molecule has 0 bridgehead atoms. The number of Topliss-reactive ketones (excluding diaryl/α,β-unsaturated/α-hetero) is 1. The number of carbonyl (C=O) groups is 1. The van der Waals surface area contributed by atoms with Gasteiger partial charge < -0.3 is 4.79 Å². The molecule has 0 saturated carbocycles. The van der Waals surface area contributed by atoms with E-state index in [4.69, 9.17) is 0 Å². The molecule has 0 aliphatic rings. The van der Waals surface area contributed by atoms with Crippen LogP contribution in [0.2, 0.25) is 0 Å². The van der Waals surface area contributed by atoms with Crippen LogP contribution in [0.15, 0.2) is 41.7 Å². The predicted octanol–water partition coefficient (Wildman–Crippen LogP) is 2.77. The van der Waals surface area contributed by atoms with E-state index in [1.54, 1.807) is 25.4 Å². The first-order chi connectivity index (χ1) is 11.4. The molecule has 0 fully saturated rings. The SMILES string of the molecule is CC(=O)CC(C)Cc1ccc(C#Cc2ccnc(S(C)=O)n2)cc1. The second-order valence-electron chi connectivity index (χ2n) is 5.84. The second kappa shape index (κ2) is 8.51. The zero-order chi connectivity index (χ0) is 17.5. The Hall–Kier alpha value is -2.32. The molecular formula is C19H20N2O2S. The molecule has 0 saturated heterocycles. The Bertz CT molecular complexity index is 804. The highest BCUT2D eigenvalue weighted by molar-refractivity contribution is 7.84. The van der Waals surface area contributed by atoms with Crippen LogP contribution in [0.1, 0.15) is 37.1 Å². The molecule has 0 N–H and O–H groups in total. The summed E-state index contributed by atoms with van der Waals surface area (Å²) in [6.45, 7) is 3.71. The summed E-state index contributed by atoms with van der Waals surface area (Å²) in [7, 11) is -1.21. The van der Waals surface area contributed by atoms with Gasteiger partial charge in [0.25, 0.3) is 0 Å². The van der Waals surface area contributed by atoms with Gasteiger partial charge in [-0.2, -0.15) is 0 Å². The maximum absolute atomic E-state index is 11.4. The molecule has 24 heavy (non-hydrogen) atoms. The predicted molar refractivity (Wildman–Crippen MR) is 95.0 cm³/mol. The van der Waals surface area contributed by atoms with E-state index in [9.17, 15) is 9.00 Å². The number of carbonyl (C=O) groups excluding carboxylic acids is 1. The molecule has 0 amide bonds. The van der Waals surface area contributed by atoms with Gasteiger partial charge in [0, 0.05) is 24.4 Å². The topological polar surface area (TPSA) is 59.9 Å². The lowest BCUT2D eigenvalue weighted by Crippen LogP contribution is -2.04. The fraction of sp³-hybridized carbons (Fsp3) is 0.316. The quantitative estimate of drug-likeness (QED) is 0.620. The second-order valence-corrected chi connectivity index (χ2v) is 7.11. The van der Waals surface area contributed by atoms with E-state index in [1.165, 1.54) is 5.56 Å². The van der Waals surface area contributed by atoms with Crippen molar-refractivity contribution in [2.24, 2.45) is 5.92 Å². The van der Waals surface area contributed by atoms with Crippen molar-refractivity contribution in [3.05, 3.63) is 53.3 Å². The van der Waals surface area contributed by atoms with Crippen molar-refractivity contribution < 1.29 is 9.00 Å². The molecule has 2 unspecified atom stereocenters. The first-order valence-electron chi connectivity index (χ1n) is 7.71. The monoisotopic (exact) mass is 340 g/mol. The highest BCUT2D eigenvalue weighted by Crippen LogP contribution is 2.13. The Kier molecular flexibility index (Phi) is 6.39. The number of nitrogens with zero attached hydrogens (tertiary/aromatic N) is 2. The van der Waals surface area contributed by atoms with Crippen molar-refractivity contribution >= 4 is 16.6 Å². The molecule has 0 radical (unpaired) electrons. The molecule has 2 atom stereocenters. The molecule has 5 heteroatoms. The number of ketones is 1. The Morgan fingerprint density at radius 3 is 2.54 bits per heavy atom. The van der Waals surface area contributed by atoms with Gasteiger partial charge >= 0.3 is 0 Å². The van der Waals surface area contributed by atoms with Crippen LogP contribution in [0, 0.1) is 17.8 Å². The number of benzene rings is 1. The van der Waals surface area contributed by atoms with E-state index in [0.29, 0.717) is 18.0 Å². The molecule has 1 aromatic heterocycles. The minimum Gasteiger partial charge on any atom is -0.300 e. The van der Waals surface area contributed by atoms with Crippen molar-refractivity contribution in [3.8, 4) is 11.8 Å². The number of aromatic nitrogens is 2. The third-order valence-corrected chi connectivity index (χ3v) is 4.11. The minimum absolute atomic E-state index is 0.224. The minimum atomic E-state index is -1.21. The van der Waals surface area contributed by atoms with Crippen molar-refractivity contribution in [2.45, 2.75) is 31.8 Å². The normalized spacial score (nSPS) is 12.8. The number of rotatable bonds is 5. The molecule has 0 spiro atoms. The lowest BCUT2D eigenvalue weighted by molar-refractivity contribution is -0.117. The lowest BCUT2D eigenvalue weighted by Gasteiger charge is -2.09. The summed E-state index contributed by atoms with van der Waals surface area (Å²) in [5.41, 5.74) is 2.63. The summed E-state index contributed by atoms with van der Waals surface area (Å²) in [5.74, 6) is 6.57. The fourth-order valence-electron chi connectivity index (χ4n) is 2.37. The maximum atomic E-state index is 11.4. The van der Waals surface area contributed by atoms with Crippen molar-refractivity contribution in [1.82, 2.24) is 9.97 Å². The third kappa shape index (κ3) is 5.71. The molecule has 124 valence electrons. The van der Waals surface area contributed by atoms with Crippen molar-refractivity contribution in [1.29, 1.82) is 0 Å². The smallest absolute Gasteiger partial charge is 0.219 e.